The normalized spacial score (nSPS) is 23.6. The van der Waals surface area contributed by atoms with E-state index < -0.39 is 35.4 Å². The number of hydrogen-bond acceptors (Lipinski definition) is 8. The van der Waals surface area contributed by atoms with Crippen LogP contribution in [0.2, 0.25) is 0 Å². The first-order valence-corrected chi connectivity index (χ1v) is 21.4. The van der Waals surface area contributed by atoms with Crippen LogP contribution in [-0.4, -0.2) is 88.5 Å². The first-order valence-electron chi connectivity index (χ1n) is 21.4. The molecule has 0 aromatic heterocycles. The summed E-state index contributed by atoms with van der Waals surface area (Å²) in [5.74, 6) is -5.34. The predicted octanol–water partition coefficient (Wildman–Crippen LogP) is 8.32. The maximum atomic E-state index is 13.7. The van der Waals surface area contributed by atoms with Crippen LogP contribution in [0, 0.1) is 41.4 Å². The van der Waals surface area contributed by atoms with Crippen molar-refractivity contribution in [3.8, 4) is 0 Å². The molecule has 1 saturated heterocycles. The van der Waals surface area contributed by atoms with Crippen LogP contribution in [0.3, 0.4) is 0 Å². The van der Waals surface area contributed by atoms with Gasteiger partial charge in [-0.3, -0.25) is 14.4 Å². The van der Waals surface area contributed by atoms with Gasteiger partial charge >= 0.3 is 5.97 Å². The van der Waals surface area contributed by atoms with Crippen LogP contribution in [0.25, 0.3) is 0 Å². The summed E-state index contributed by atoms with van der Waals surface area (Å²) in [4.78, 5) is 52.2. The van der Waals surface area contributed by atoms with Gasteiger partial charge in [-0.1, -0.05) is 71.6 Å². The molecule has 0 spiro atoms. The van der Waals surface area contributed by atoms with E-state index in [-0.39, 0.29) is 37.3 Å². The molecule has 3 N–H and O–H groups in total. The number of piperidine rings is 1. The van der Waals surface area contributed by atoms with Crippen LogP contribution in [0.1, 0.15) is 151 Å². The molecule has 1 aliphatic carbocycles. The number of methoxy groups -OCH3 is 2. The van der Waals surface area contributed by atoms with Crippen LogP contribution in [0.15, 0.2) is 24.3 Å². The second-order valence-corrected chi connectivity index (χ2v) is 17.3. The van der Waals surface area contributed by atoms with Gasteiger partial charge in [0.1, 0.15) is 11.8 Å². The molecule has 1 heterocycles. The Balaban J connectivity index is 1.86. The monoisotopic (exact) mass is 776 g/mol. The van der Waals surface area contributed by atoms with Gasteiger partial charge in [0.05, 0.1) is 12.2 Å². The summed E-state index contributed by atoms with van der Waals surface area (Å²) in [5.41, 5.74) is 1.43. The fraction of sp³-hybridized carbons (Fsp3) is 0.822. The average Bonchev–Trinajstić information content (AvgIpc) is 3.16. The highest BCUT2D eigenvalue weighted by Crippen LogP contribution is 2.34. The molecule has 1 aliphatic heterocycles. The van der Waals surface area contributed by atoms with Gasteiger partial charge in [-0.2, -0.15) is 0 Å². The molecule has 10 heteroatoms. The number of allylic oxidation sites excluding steroid dienone is 3. The van der Waals surface area contributed by atoms with E-state index in [4.69, 9.17) is 9.47 Å². The molecule has 10 atom stereocenters. The van der Waals surface area contributed by atoms with Crippen molar-refractivity contribution in [3.05, 3.63) is 24.3 Å². The second-order valence-electron chi connectivity index (χ2n) is 17.3. The van der Waals surface area contributed by atoms with Gasteiger partial charge in [-0.25, -0.2) is 4.79 Å². The van der Waals surface area contributed by atoms with E-state index in [0.29, 0.717) is 61.2 Å². The van der Waals surface area contributed by atoms with E-state index in [1.165, 1.54) is 32.4 Å². The molecule has 0 bridgehead atoms. The lowest BCUT2D eigenvalue weighted by molar-refractivity contribution is -0.207. The van der Waals surface area contributed by atoms with Crippen LogP contribution < -0.4 is 0 Å². The summed E-state index contributed by atoms with van der Waals surface area (Å²) in [6, 6.07) is -1.15. The third-order valence-corrected chi connectivity index (χ3v) is 12.9. The third-order valence-electron chi connectivity index (χ3n) is 12.9. The average molecular weight is 776 g/mol. The number of carbonyl (C=O) groups is 4. The smallest absolute Gasteiger partial charge is 0.326 e. The number of likely N-dealkylation sites (tertiary alicyclic amines) is 1. The molecular formula is C45H77NO9. The van der Waals surface area contributed by atoms with E-state index >= 15 is 0 Å². The lowest BCUT2D eigenvalue weighted by atomic mass is 9.77. The summed E-state index contributed by atoms with van der Waals surface area (Å²) < 4.78 is 11.3. The lowest BCUT2D eigenvalue weighted by Gasteiger charge is -2.35. The zero-order valence-corrected chi connectivity index (χ0v) is 35.6. The number of hydrogen-bond donors (Lipinski definition) is 3. The van der Waals surface area contributed by atoms with Gasteiger partial charge in [0.25, 0.3) is 11.7 Å². The Morgan fingerprint density at radius 2 is 1.64 bits per heavy atom. The first-order chi connectivity index (χ1) is 26.0. The molecule has 1 amide bonds. The minimum Gasteiger partial charge on any atom is -0.480 e. The van der Waals surface area contributed by atoms with Crippen molar-refractivity contribution < 1.29 is 44.0 Å². The number of carboxylic acids is 1. The minimum atomic E-state index is -2.95. The highest BCUT2D eigenvalue weighted by atomic mass is 16.5. The van der Waals surface area contributed by atoms with E-state index in [2.05, 4.69) is 47.3 Å². The lowest BCUT2D eigenvalue weighted by Crippen LogP contribution is -2.57. The molecule has 10 unspecified atom stereocenters. The van der Waals surface area contributed by atoms with E-state index in [1.54, 1.807) is 0 Å². The summed E-state index contributed by atoms with van der Waals surface area (Å²) >= 11 is 0. The molecule has 0 radical (unpaired) electrons. The molecule has 0 aromatic rings. The second kappa shape index (κ2) is 24.4. The summed E-state index contributed by atoms with van der Waals surface area (Å²) in [6.45, 7) is 16.8. The van der Waals surface area contributed by atoms with Crippen molar-refractivity contribution >= 4 is 23.4 Å². The fourth-order valence-corrected chi connectivity index (χ4v) is 9.26. The maximum absolute atomic E-state index is 13.7. The zero-order valence-electron chi connectivity index (χ0n) is 35.6. The van der Waals surface area contributed by atoms with Gasteiger partial charge in [0, 0.05) is 39.0 Å². The van der Waals surface area contributed by atoms with E-state index in [9.17, 15) is 34.5 Å². The van der Waals surface area contributed by atoms with Crippen molar-refractivity contribution in [2.45, 2.75) is 175 Å². The van der Waals surface area contributed by atoms with Crippen molar-refractivity contribution in [1.29, 1.82) is 0 Å². The number of nitrogens with zero attached hydrogens (tertiary/aromatic N) is 1. The molecule has 2 fully saturated rings. The molecule has 316 valence electrons. The summed E-state index contributed by atoms with van der Waals surface area (Å²) in [6.07, 6.45) is 18.2. The molecule has 0 aromatic carbocycles. The fourth-order valence-electron chi connectivity index (χ4n) is 9.26. The Bertz CT molecular complexity index is 1250. The van der Waals surface area contributed by atoms with Gasteiger partial charge in [-0.05, 0) is 120 Å². The van der Waals surface area contributed by atoms with Crippen LogP contribution in [-0.2, 0) is 28.7 Å². The standard InChI is InChI=1S/C45H77NO9/c1-10-34(17-15-19-38(54-8)27-33(7)45(52,53)42(48)43(49)46-22-14-13-21-40(46)44(50)51)24-31(5)26-37(12-3)41(47)29-36(11-2)32(6)23-30(4)25-35-18-16-20-39(28-35)55-9/h10,25,31-40,52-53H,1,11-24,26-29H2,2-9H3,(H,50,51). The number of ether oxygens (including phenoxy) is 2. The SMILES string of the molecule is C=CC(CCCC(CC(C)C(O)(O)C(=O)C(=O)N1CCCCC1C(=O)O)OC)CC(C)CC(CC)C(=O)CC(CC)C(C)CC(C)=CC1CCCC(OC)C1. The molecule has 2 aliphatic rings. The van der Waals surface area contributed by atoms with Gasteiger partial charge in [0.15, 0.2) is 0 Å². The highest BCUT2D eigenvalue weighted by molar-refractivity contribution is 6.39. The number of aliphatic carboxylic acids is 1. The van der Waals surface area contributed by atoms with Gasteiger partial charge < -0.3 is 29.7 Å². The number of Topliss-reactive ketones (excluding diaryl/α,β-unsaturated/α-hetero) is 2. The Kier molecular flexibility index (Phi) is 21.6. The number of carboxylic acid groups (broad SMARTS) is 1. The molecular weight excluding hydrogens is 698 g/mol. The van der Waals surface area contributed by atoms with E-state index in [0.717, 1.165) is 62.7 Å². The van der Waals surface area contributed by atoms with Crippen LogP contribution in [0.5, 0.6) is 0 Å². The molecule has 10 nitrogen and oxygen atoms in total. The number of amides is 1. The Morgan fingerprint density at radius 3 is 2.24 bits per heavy atom. The highest BCUT2D eigenvalue weighted by Gasteiger charge is 2.47. The van der Waals surface area contributed by atoms with Crippen molar-refractivity contribution in [2.24, 2.45) is 41.4 Å². The van der Waals surface area contributed by atoms with Crippen molar-refractivity contribution in [2.75, 3.05) is 20.8 Å². The zero-order chi connectivity index (χ0) is 41.3. The number of rotatable bonds is 26. The quantitative estimate of drug-likeness (QED) is 0.0448. The van der Waals surface area contributed by atoms with Crippen molar-refractivity contribution in [3.63, 3.8) is 0 Å². The van der Waals surface area contributed by atoms with Crippen molar-refractivity contribution in [1.82, 2.24) is 4.90 Å². The molecule has 55 heavy (non-hydrogen) atoms. The Labute approximate surface area is 332 Å². The first kappa shape index (κ1) is 48.7. The maximum Gasteiger partial charge on any atom is 0.326 e. The summed E-state index contributed by atoms with van der Waals surface area (Å²) in [5, 5.41) is 31.1. The third kappa shape index (κ3) is 15.5. The largest absolute Gasteiger partial charge is 0.480 e. The number of ketones is 2. The molecule has 1 saturated carbocycles. The Hall–Kier alpha value is -2.40. The topological polar surface area (TPSA) is 151 Å². The summed E-state index contributed by atoms with van der Waals surface area (Å²) in [7, 11) is 3.36. The minimum absolute atomic E-state index is 0.0441. The van der Waals surface area contributed by atoms with Gasteiger partial charge in [-0.15, -0.1) is 6.58 Å². The van der Waals surface area contributed by atoms with E-state index in [1.807, 2.05) is 13.2 Å². The Morgan fingerprint density at radius 1 is 0.927 bits per heavy atom. The molecule has 2 rings (SSSR count). The van der Waals surface area contributed by atoms with Gasteiger partial charge in [0.2, 0.25) is 5.79 Å². The van der Waals surface area contributed by atoms with Crippen LogP contribution in [0.4, 0.5) is 0 Å². The van der Waals surface area contributed by atoms with Crippen LogP contribution >= 0.6 is 0 Å². The predicted molar refractivity (Wildman–Crippen MR) is 217 cm³/mol. The number of aliphatic hydroxyl groups is 2. The number of carbonyl (C=O) groups excluding carboxylic acids is 3.